The molecule has 1 N–H and O–H groups in total. The molecule has 1 aliphatic heterocycles. The van der Waals surface area contributed by atoms with Gasteiger partial charge in [0.15, 0.2) is 0 Å². The van der Waals surface area contributed by atoms with Crippen LogP contribution in [-0.2, 0) is 21.2 Å². The molecule has 5 nitrogen and oxygen atoms in total. The summed E-state index contributed by atoms with van der Waals surface area (Å²) in [6, 6.07) is 16.7. The first-order valence-electron chi connectivity index (χ1n) is 10.5. The molecule has 1 fully saturated rings. The molecule has 1 unspecified atom stereocenters. The van der Waals surface area contributed by atoms with Crippen LogP contribution in [0.1, 0.15) is 51.0 Å². The van der Waals surface area contributed by atoms with Crippen molar-refractivity contribution in [3.63, 3.8) is 0 Å². The normalized spacial score (nSPS) is 17.8. The van der Waals surface area contributed by atoms with Gasteiger partial charge >= 0.3 is 0 Å². The maximum atomic E-state index is 13.0. The summed E-state index contributed by atoms with van der Waals surface area (Å²) in [5, 5.41) is 2.86. The molecule has 0 spiro atoms. The van der Waals surface area contributed by atoms with Crippen molar-refractivity contribution in [2.24, 2.45) is 0 Å². The molecule has 1 aliphatic rings. The lowest BCUT2D eigenvalue weighted by molar-refractivity contribution is -0.116. The molecule has 0 saturated carbocycles. The number of carbonyl (C=O) groups is 1. The van der Waals surface area contributed by atoms with Gasteiger partial charge in [0.1, 0.15) is 0 Å². The largest absolute Gasteiger partial charge is 0.326 e. The molecule has 1 saturated heterocycles. The van der Waals surface area contributed by atoms with Crippen LogP contribution in [0.5, 0.6) is 0 Å². The van der Waals surface area contributed by atoms with E-state index in [-0.39, 0.29) is 11.9 Å². The fourth-order valence-electron chi connectivity index (χ4n) is 3.87. The van der Waals surface area contributed by atoms with Crippen molar-refractivity contribution in [2.45, 2.75) is 62.8 Å². The number of hydrogen-bond donors (Lipinski definition) is 1. The zero-order valence-corrected chi connectivity index (χ0v) is 17.8. The number of nitrogens with zero attached hydrogens (tertiary/aromatic N) is 1. The highest BCUT2D eigenvalue weighted by atomic mass is 32.2. The molecule has 0 aromatic heterocycles. The molecule has 1 amide bonds. The summed E-state index contributed by atoms with van der Waals surface area (Å²) in [5.74, 6) is -0.0568. The molecule has 0 aliphatic carbocycles. The zero-order valence-electron chi connectivity index (χ0n) is 17.0. The van der Waals surface area contributed by atoms with Gasteiger partial charge in [-0.3, -0.25) is 4.79 Å². The first kappa shape index (κ1) is 21.5. The average molecular weight is 415 g/mol. The van der Waals surface area contributed by atoms with E-state index in [1.165, 1.54) is 5.56 Å². The number of amides is 1. The van der Waals surface area contributed by atoms with E-state index in [2.05, 4.69) is 17.4 Å². The lowest BCUT2D eigenvalue weighted by Gasteiger charge is -2.34. The third kappa shape index (κ3) is 5.67. The number of benzene rings is 2. The van der Waals surface area contributed by atoms with Gasteiger partial charge in [0.25, 0.3) is 0 Å². The van der Waals surface area contributed by atoms with E-state index in [4.69, 9.17) is 0 Å². The highest BCUT2D eigenvalue weighted by Crippen LogP contribution is 2.27. The Labute approximate surface area is 174 Å². The molecule has 0 radical (unpaired) electrons. The van der Waals surface area contributed by atoms with Crippen LogP contribution in [0.4, 0.5) is 5.69 Å². The Morgan fingerprint density at radius 3 is 2.48 bits per heavy atom. The van der Waals surface area contributed by atoms with Crippen molar-refractivity contribution in [2.75, 3.05) is 11.9 Å². The Morgan fingerprint density at radius 2 is 1.79 bits per heavy atom. The average Bonchev–Trinajstić information content (AvgIpc) is 2.75. The van der Waals surface area contributed by atoms with Crippen LogP contribution in [0, 0.1) is 0 Å². The maximum Gasteiger partial charge on any atom is 0.243 e. The quantitative estimate of drug-likeness (QED) is 0.686. The summed E-state index contributed by atoms with van der Waals surface area (Å²) in [5.41, 5.74) is 1.84. The third-order valence-electron chi connectivity index (χ3n) is 5.50. The predicted octanol–water partition coefficient (Wildman–Crippen LogP) is 4.60. The Morgan fingerprint density at radius 1 is 1.07 bits per heavy atom. The summed E-state index contributed by atoms with van der Waals surface area (Å²) in [6.45, 7) is 2.62. The SMILES string of the molecule is CCC1CCCCN1S(=O)(=O)c1ccc(NC(=O)CCCc2ccccc2)cc1. The van der Waals surface area contributed by atoms with Crippen LogP contribution in [0.15, 0.2) is 59.5 Å². The van der Waals surface area contributed by atoms with Crippen molar-refractivity contribution in [1.29, 1.82) is 0 Å². The standard InChI is InChI=1S/C23H30N2O3S/c1-2-21-12-6-7-18-25(21)29(27,28)22-16-14-20(15-17-22)24-23(26)13-8-11-19-9-4-3-5-10-19/h3-5,9-10,14-17,21H,2,6-8,11-13,18H2,1H3,(H,24,26). The fraction of sp³-hybridized carbons (Fsp3) is 0.435. The highest BCUT2D eigenvalue weighted by molar-refractivity contribution is 7.89. The highest BCUT2D eigenvalue weighted by Gasteiger charge is 2.32. The van der Waals surface area contributed by atoms with Gasteiger partial charge in [-0.05, 0) is 61.9 Å². The number of nitrogens with one attached hydrogen (secondary N) is 1. The van der Waals surface area contributed by atoms with E-state index < -0.39 is 10.0 Å². The first-order chi connectivity index (χ1) is 14.0. The second kappa shape index (κ2) is 10.0. The molecular formula is C23H30N2O3S. The van der Waals surface area contributed by atoms with Gasteiger partial charge in [0.2, 0.25) is 15.9 Å². The number of anilines is 1. The second-order valence-corrected chi connectivity index (χ2v) is 9.48. The maximum absolute atomic E-state index is 13.0. The van der Waals surface area contributed by atoms with E-state index in [9.17, 15) is 13.2 Å². The van der Waals surface area contributed by atoms with E-state index in [1.54, 1.807) is 28.6 Å². The number of rotatable bonds is 8. The molecule has 1 heterocycles. The van der Waals surface area contributed by atoms with Crippen LogP contribution in [0.25, 0.3) is 0 Å². The molecule has 1 atom stereocenters. The van der Waals surface area contributed by atoms with Gasteiger partial charge in [-0.15, -0.1) is 0 Å². The molecule has 2 aromatic rings. The van der Waals surface area contributed by atoms with Gasteiger partial charge in [-0.1, -0.05) is 43.7 Å². The van der Waals surface area contributed by atoms with Crippen LogP contribution < -0.4 is 5.32 Å². The number of aryl methyl sites for hydroxylation is 1. The number of hydrogen-bond acceptors (Lipinski definition) is 3. The Kier molecular flexibility index (Phi) is 7.45. The smallest absolute Gasteiger partial charge is 0.243 e. The first-order valence-corrected chi connectivity index (χ1v) is 11.9. The van der Waals surface area contributed by atoms with E-state index in [1.807, 2.05) is 25.1 Å². The topological polar surface area (TPSA) is 66.5 Å². The van der Waals surface area contributed by atoms with E-state index >= 15 is 0 Å². The van der Waals surface area contributed by atoms with Gasteiger partial charge in [0.05, 0.1) is 4.90 Å². The lowest BCUT2D eigenvalue weighted by atomic mass is 10.0. The van der Waals surface area contributed by atoms with Crippen LogP contribution in [0.2, 0.25) is 0 Å². The summed E-state index contributed by atoms with van der Waals surface area (Å²) >= 11 is 0. The minimum absolute atomic E-state index is 0.0568. The van der Waals surface area contributed by atoms with Crippen LogP contribution in [0.3, 0.4) is 0 Å². The lowest BCUT2D eigenvalue weighted by Crippen LogP contribution is -2.43. The van der Waals surface area contributed by atoms with Crippen molar-refractivity contribution >= 4 is 21.6 Å². The predicted molar refractivity (Wildman–Crippen MR) is 116 cm³/mol. The number of piperidine rings is 1. The van der Waals surface area contributed by atoms with Crippen molar-refractivity contribution < 1.29 is 13.2 Å². The van der Waals surface area contributed by atoms with Crippen LogP contribution >= 0.6 is 0 Å². The van der Waals surface area contributed by atoms with Crippen LogP contribution in [-0.4, -0.2) is 31.2 Å². The molecule has 3 rings (SSSR count). The summed E-state index contributed by atoms with van der Waals surface area (Å²) in [7, 11) is -3.49. The Hall–Kier alpha value is -2.18. The minimum Gasteiger partial charge on any atom is -0.326 e. The second-order valence-electron chi connectivity index (χ2n) is 7.59. The van der Waals surface area contributed by atoms with E-state index in [0.717, 1.165) is 38.5 Å². The molecular weight excluding hydrogens is 384 g/mol. The van der Waals surface area contributed by atoms with Gasteiger partial charge < -0.3 is 5.32 Å². The Bertz CT molecular complexity index is 895. The zero-order chi connectivity index (χ0) is 20.7. The fourth-order valence-corrected chi connectivity index (χ4v) is 5.63. The van der Waals surface area contributed by atoms with Gasteiger partial charge in [0, 0.05) is 24.7 Å². The van der Waals surface area contributed by atoms with Crippen molar-refractivity contribution in [3.05, 3.63) is 60.2 Å². The monoisotopic (exact) mass is 414 g/mol. The molecule has 6 heteroatoms. The van der Waals surface area contributed by atoms with E-state index in [0.29, 0.717) is 23.5 Å². The molecule has 29 heavy (non-hydrogen) atoms. The third-order valence-corrected chi connectivity index (χ3v) is 7.47. The minimum atomic E-state index is -3.49. The summed E-state index contributed by atoms with van der Waals surface area (Å²) < 4.78 is 27.7. The van der Waals surface area contributed by atoms with Gasteiger partial charge in [-0.25, -0.2) is 8.42 Å². The number of sulfonamides is 1. The molecule has 0 bridgehead atoms. The summed E-state index contributed by atoms with van der Waals surface area (Å²) in [6.07, 6.45) is 5.81. The van der Waals surface area contributed by atoms with Gasteiger partial charge in [-0.2, -0.15) is 4.31 Å². The summed E-state index contributed by atoms with van der Waals surface area (Å²) in [4.78, 5) is 12.5. The molecule has 156 valence electrons. The van der Waals surface area contributed by atoms with Crippen molar-refractivity contribution in [1.82, 2.24) is 4.31 Å². The number of carbonyl (C=O) groups excluding carboxylic acids is 1. The molecule has 2 aromatic carbocycles. The Balaban J connectivity index is 1.56. The van der Waals surface area contributed by atoms with Crippen molar-refractivity contribution in [3.8, 4) is 0 Å².